The standard InChI is InChI=1S/C14H10N2O3/c1-8-5-6-9(7-15-8)13-16-11-4-2-3-10(14(17)18)12(11)19-13/h2-7H,1H3,(H,17,18). The molecule has 94 valence electrons. The lowest BCUT2D eigenvalue weighted by molar-refractivity contribution is 0.0698. The summed E-state index contributed by atoms with van der Waals surface area (Å²) in [6, 6.07) is 8.55. The number of aromatic nitrogens is 2. The van der Waals surface area contributed by atoms with Crippen LogP contribution in [0.1, 0.15) is 16.1 Å². The maximum atomic E-state index is 11.1. The van der Waals surface area contributed by atoms with Crippen molar-refractivity contribution in [2.45, 2.75) is 6.92 Å². The number of fused-ring (bicyclic) bond motifs is 1. The summed E-state index contributed by atoms with van der Waals surface area (Å²) in [5, 5.41) is 9.10. The molecule has 3 rings (SSSR count). The van der Waals surface area contributed by atoms with Gasteiger partial charge in [0.05, 0.1) is 5.56 Å². The van der Waals surface area contributed by atoms with Crippen LogP contribution in [0.4, 0.5) is 0 Å². The van der Waals surface area contributed by atoms with E-state index in [2.05, 4.69) is 9.97 Å². The number of oxazole rings is 1. The van der Waals surface area contributed by atoms with Crippen LogP contribution >= 0.6 is 0 Å². The Morgan fingerprint density at radius 2 is 2.11 bits per heavy atom. The Hall–Kier alpha value is -2.69. The quantitative estimate of drug-likeness (QED) is 0.760. The van der Waals surface area contributed by atoms with Gasteiger partial charge in [-0.3, -0.25) is 4.98 Å². The monoisotopic (exact) mass is 254 g/mol. The van der Waals surface area contributed by atoms with Crippen molar-refractivity contribution in [1.29, 1.82) is 0 Å². The van der Waals surface area contributed by atoms with Gasteiger partial charge in [-0.25, -0.2) is 9.78 Å². The summed E-state index contributed by atoms with van der Waals surface area (Å²) in [7, 11) is 0. The van der Waals surface area contributed by atoms with E-state index < -0.39 is 5.97 Å². The van der Waals surface area contributed by atoms with E-state index in [1.54, 1.807) is 18.3 Å². The Balaban J connectivity index is 2.19. The largest absolute Gasteiger partial charge is 0.478 e. The fraction of sp³-hybridized carbons (Fsp3) is 0.0714. The van der Waals surface area contributed by atoms with Gasteiger partial charge in [-0.1, -0.05) is 6.07 Å². The van der Waals surface area contributed by atoms with Gasteiger partial charge in [0.25, 0.3) is 0 Å². The molecule has 0 spiro atoms. The van der Waals surface area contributed by atoms with E-state index >= 15 is 0 Å². The number of carboxylic acids is 1. The van der Waals surface area contributed by atoms with Gasteiger partial charge >= 0.3 is 5.97 Å². The van der Waals surface area contributed by atoms with E-state index in [0.29, 0.717) is 11.4 Å². The molecule has 0 fully saturated rings. The van der Waals surface area contributed by atoms with Gasteiger partial charge in [0.1, 0.15) is 11.1 Å². The van der Waals surface area contributed by atoms with Gasteiger partial charge in [-0.05, 0) is 31.2 Å². The van der Waals surface area contributed by atoms with Crippen molar-refractivity contribution in [3.8, 4) is 11.5 Å². The van der Waals surface area contributed by atoms with Crippen LogP contribution in [-0.4, -0.2) is 21.0 Å². The average Bonchev–Trinajstić information content (AvgIpc) is 2.82. The van der Waals surface area contributed by atoms with Crippen LogP contribution in [0.5, 0.6) is 0 Å². The van der Waals surface area contributed by atoms with Gasteiger partial charge in [-0.2, -0.15) is 0 Å². The van der Waals surface area contributed by atoms with Crippen LogP contribution in [-0.2, 0) is 0 Å². The molecule has 0 amide bonds. The maximum absolute atomic E-state index is 11.1. The van der Waals surface area contributed by atoms with E-state index in [0.717, 1.165) is 11.3 Å². The number of benzene rings is 1. The zero-order chi connectivity index (χ0) is 13.4. The number of hydrogen-bond acceptors (Lipinski definition) is 4. The lowest BCUT2D eigenvalue weighted by Gasteiger charge is -1.95. The second-order valence-electron chi connectivity index (χ2n) is 4.17. The zero-order valence-corrected chi connectivity index (χ0v) is 10.1. The zero-order valence-electron chi connectivity index (χ0n) is 10.1. The molecule has 5 nitrogen and oxygen atoms in total. The number of rotatable bonds is 2. The van der Waals surface area contributed by atoms with E-state index in [1.165, 1.54) is 6.07 Å². The number of carbonyl (C=O) groups is 1. The maximum Gasteiger partial charge on any atom is 0.339 e. The van der Waals surface area contributed by atoms with Crippen LogP contribution < -0.4 is 0 Å². The Labute approximate surface area is 108 Å². The highest BCUT2D eigenvalue weighted by Crippen LogP contribution is 2.26. The average molecular weight is 254 g/mol. The van der Waals surface area contributed by atoms with E-state index in [-0.39, 0.29) is 11.1 Å². The molecule has 1 aromatic carbocycles. The minimum Gasteiger partial charge on any atom is -0.478 e. The molecule has 5 heteroatoms. The summed E-state index contributed by atoms with van der Waals surface area (Å²) in [6.45, 7) is 1.89. The Kier molecular flexibility index (Phi) is 2.52. The molecule has 19 heavy (non-hydrogen) atoms. The molecule has 0 radical (unpaired) electrons. The molecular formula is C14H10N2O3. The first-order valence-electron chi connectivity index (χ1n) is 5.71. The highest BCUT2D eigenvalue weighted by molar-refractivity contribution is 6.00. The number of carboxylic acid groups (broad SMARTS) is 1. The number of para-hydroxylation sites is 1. The summed E-state index contributed by atoms with van der Waals surface area (Å²) < 4.78 is 5.55. The van der Waals surface area contributed by atoms with Crippen molar-refractivity contribution < 1.29 is 14.3 Å². The molecule has 2 aromatic heterocycles. The summed E-state index contributed by atoms with van der Waals surface area (Å²) in [6.07, 6.45) is 1.65. The number of nitrogens with zero attached hydrogens (tertiary/aromatic N) is 2. The first-order valence-corrected chi connectivity index (χ1v) is 5.71. The minimum absolute atomic E-state index is 0.108. The summed E-state index contributed by atoms with van der Waals surface area (Å²) in [4.78, 5) is 19.6. The van der Waals surface area contributed by atoms with Gasteiger partial charge < -0.3 is 9.52 Å². The predicted octanol–water partition coefficient (Wildman–Crippen LogP) is 2.90. The highest BCUT2D eigenvalue weighted by Gasteiger charge is 2.15. The first kappa shape index (κ1) is 11.4. The van der Waals surface area contributed by atoms with Crippen molar-refractivity contribution in [3.05, 3.63) is 47.8 Å². The minimum atomic E-state index is -1.03. The topological polar surface area (TPSA) is 76.2 Å². The summed E-state index contributed by atoms with van der Waals surface area (Å²) >= 11 is 0. The van der Waals surface area contributed by atoms with Gasteiger partial charge in [-0.15, -0.1) is 0 Å². The van der Waals surface area contributed by atoms with Crippen molar-refractivity contribution in [3.63, 3.8) is 0 Å². The third-order valence-electron chi connectivity index (χ3n) is 2.80. The molecule has 0 unspecified atom stereocenters. The summed E-state index contributed by atoms with van der Waals surface area (Å²) in [5.41, 5.74) is 2.53. The molecule has 2 heterocycles. The predicted molar refractivity (Wildman–Crippen MR) is 68.9 cm³/mol. The molecular weight excluding hydrogens is 244 g/mol. The third kappa shape index (κ3) is 1.95. The lowest BCUT2D eigenvalue weighted by Crippen LogP contribution is -1.95. The van der Waals surface area contributed by atoms with Crippen molar-refractivity contribution in [1.82, 2.24) is 9.97 Å². The normalized spacial score (nSPS) is 10.8. The molecule has 1 N–H and O–H groups in total. The van der Waals surface area contributed by atoms with Crippen LogP contribution in [0, 0.1) is 6.92 Å². The van der Waals surface area contributed by atoms with E-state index in [9.17, 15) is 4.79 Å². The Bertz CT molecular complexity index is 760. The number of aromatic carboxylic acids is 1. The molecule has 0 aliphatic rings. The van der Waals surface area contributed by atoms with Gasteiger partial charge in [0.2, 0.25) is 5.89 Å². The molecule has 0 bridgehead atoms. The number of aryl methyl sites for hydroxylation is 1. The summed E-state index contributed by atoms with van der Waals surface area (Å²) in [5.74, 6) is -0.661. The lowest BCUT2D eigenvalue weighted by atomic mass is 10.2. The second-order valence-corrected chi connectivity index (χ2v) is 4.17. The Morgan fingerprint density at radius 3 is 2.79 bits per heavy atom. The third-order valence-corrected chi connectivity index (χ3v) is 2.80. The van der Waals surface area contributed by atoms with Crippen molar-refractivity contribution >= 4 is 17.1 Å². The molecule has 0 saturated heterocycles. The smallest absolute Gasteiger partial charge is 0.339 e. The second kappa shape index (κ2) is 4.20. The van der Waals surface area contributed by atoms with Crippen molar-refractivity contribution in [2.75, 3.05) is 0 Å². The number of pyridine rings is 1. The molecule has 0 aliphatic carbocycles. The van der Waals surface area contributed by atoms with Crippen molar-refractivity contribution in [2.24, 2.45) is 0 Å². The molecule has 0 aliphatic heterocycles. The Morgan fingerprint density at radius 1 is 1.26 bits per heavy atom. The fourth-order valence-corrected chi connectivity index (χ4v) is 1.84. The highest BCUT2D eigenvalue weighted by atomic mass is 16.4. The van der Waals surface area contributed by atoms with E-state index in [1.807, 2.05) is 19.1 Å². The fourth-order valence-electron chi connectivity index (χ4n) is 1.84. The SMILES string of the molecule is Cc1ccc(-c2nc3cccc(C(=O)O)c3o2)cn1. The van der Waals surface area contributed by atoms with Crippen LogP contribution in [0.3, 0.4) is 0 Å². The van der Waals surface area contributed by atoms with Gasteiger partial charge in [0, 0.05) is 11.9 Å². The molecule has 0 atom stereocenters. The number of hydrogen-bond donors (Lipinski definition) is 1. The van der Waals surface area contributed by atoms with Gasteiger partial charge in [0.15, 0.2) is 5.58 Å². The van der Waals surface area contributed by atoms with Crippen LogP contribution in [0.15, 0.2) is 40.9 Å². The first-order chi connectivity index (χ1) is 9.15. The van der Waals surface area contributed by atoms with E-state index in [4.69, 9.17) is 9.52 Å². The molecule has 3 aromatic rings. The molecule has 0 saturated carbocycles. The van der Waals surface area contributed by atoms with Crippen LogP contribution in [0.25, 0.3) is 22.6 Å². The van der Waals surface area contributed by atoms with Crippen LogP contribution in [0.2, 0.25) is 0 Å².